The van der Waals surface area contributed by atoms with Crippen LogP contribution >= 0.6 is 0 Å². The van der Waals surface area contributed by atoms with Crippen molar-refractivity contribution in [3.63, 3.8) is 0 Å². The number of sulfonamides is 1. The maximum absolute atomic E-state index is 11.7. The van der Waals surface area contributed by atoms with Crippen molar-refractivity contribution in [1.82, 2.24) is 4.72 Å². The number of nitrogens with one attached hydrogen (secondary N) is 1. The molecule has 0 saturated heterocycles. The number of fused-ring (bicyclic) bond motifs is 1. The molecule has 0 amide bonds. The van der Waals surface area contributed by atoms with Gasteiger partial charge in [-0.2, -0.15) is 0 Å². The molecule has 2 N–H and O–H groups in total. The molecule has 0 radical (unpaired) electrons. The standard InChI is InChI=1S/C17H15NO3S/c1-18-22(20,21)15-8-5-12(6-9-15)13-7-10-16-14(11-13)3-2-4-17(16)19/h2-11,18-19H,1H3. The van der Waals surface area contributed by atoms with Crippen LogP contribution in [0.2, 0.25) is 0 Å². The van der Waals surface area contributed by atoms with E-state index < -0.39 is 10.0 Å². The summed E-state index contributed by atoms with van der Waals surface area (Å²) in [7, 11) is -2.03. The molecule has 0 heterocycles. The largest absolute Gasteiger partial charge is 0.507 e. The Kier molecular flexibility index (Phi) is 3.60. The molecule has 0 bridgehead atoms. The minimum absolute atomic E-state index is 0.234. The Morgan fingerprint density at radius 3 is 2.27 bits per heavy atom. The van der Waals surface area contributed by atoms with Crippen molar-refractivity contribution in [2.75, 3.05) is 7.05 Å². The summed E-state index contributed by atoms with van der Waals surface area (Å²) in [4.78, 5) is 0.234. The van der Waals surface area contributed by atoms with Crippen LogP contribution < -0.4 is 4.72 Å². The highest BCUT2D eigenvalue weighted by Crippen LogP contribution is 2.29. The predicted molar refractivity (Wildman–Crippen MR) is 87.3 cm³/mol. The zero-order valence-electron chi connectivity index (χ0n) is 11.9. The first-order valence-electron chi connectivity index (χ1n) is 6.77. The molecule has 3 aromatic rings. The van der Waals surface area contributed by atoms with Crippen LogP contribution in [0.5, 0.6) is 5.75 Å². The lowest BCUT2D eigenvalue weighted by Crippen LogP contribution is -2.18. The number of rotatable bonds is 3. The van der Waals surface area contributed by atoms with Crippen molar-refractivity contribution in [2.45, 2.75) is 4.90 Å². The lowest BCUT2D eigenvalue weighted by atomic mass is 10.0. The molecule has 112 valence electrons. The van der Waals surface area contributed by atoms with Crippen LogP contribution in [-0.4, -0.2) is 20.6 Å². The number of phenols is 1. The summed E-state index contributed by atoms with van der Waals surface area (Å²) in [5.41, 5.74) is 1.88. The average molecular weight is 313 g/mol. The third-order valence-corrected chi connectivity index (χ3v) is 5.05. The van der Waals surface area contributed by atoms with Gasteiger partial charge in [-0.25, -0.2) is 13.1 Å². The Balaban J connectivity index is 2.05. The van der Waals surface area contributed by atoms with E-state index in [9.17, 15) is 13.5 Å². The second kappa shape index (κ2) is 5.44. The minimum atomic E-state index is -3.42. The molecule has 0 aliphatic carbocycles. The topological polar surface area (TPSA) is 66.4 Å². The van der Waals surface area contributed by atoms with Gasteiger partial charge in [0.25, 0.3) is 0 Å². The molecular weight excluding hydrogens is 298 g/mol. The van der Waals surface area contributed by atoms with Gasteiger partial charge in [0.1, 0.15) is 5.75 Å². The van der Waals surface area contributed by atoms with Gasteiger partial charge >= 0.3 is 0 Å². The molecule has 0 spiro atoms. The fraction of sp³-hybridized carbons (Fsp3) is 0.0588. The molecule has 0 aliphatic heterocycles. The van der Waals surface area contributed by atoms with E-state index in [2.05, 4.69) is 4.72 Å². The zero-order chi connectivity index (χ0) is 15.7. The van der Waals surface area contributed by atoms with Gasteiger partial charge in [0.2, 0.25) is 10.0 Å². The molecule has 5 heteroatoms. The number of hydrogen-bond donors (Lipinski definition) is 2. The molecule has 4 nitrogen and oxygen atoms in total. The van der Waals surface area contributed by atoms with E-state index in [0.29, 0.717) is 0 Å². The van der Waals surface area contributed by atoms with Crippen molar-refractivity contribution in [1.29, 1.82) is 0 Å². The lowest BCUT2D eigenvalue weighted by molar-refractivity contribution is 0.481. The first-order valence-corrected chi connectivity index (χ1v) is 8.25. The van der Waals surface area contributed by atoms with Gasteiger partial charge in [0.05, 0.1) is 4.90 Å². The van der Waals surface area contributed by atoms with Crippen molar-refractivity contribution in [3.8, 4) is 16.9 Å². The molecular formula is C17H15NO3S. The highest BCUT2D eigenvalue weighted by molar-refractivity contribution is 7.89. The van der Waals surface area contributed by atoms with E-state index in [1.54, 1.807) is 36.4 Å². The highest BCUT2D eigenvalue weighted by atomic mass is 32.2. The maximum Gasteiger partial charge on any atom is 0.240 e. The van der Waals surface area contributed by atoms with Gasteiger partial charge in [-0.1, -0.05) is 36.4 Å². The SMILES string of the molecule is CNS(=O)(=O)c1ccc(-c2ccc3c(O)cccc3c2)cc1. The average Bonchev–Trinajstić information content (AvgIpc) is 2.55. The van der Waals surface area contributed by atoms with Crippen LogP contribution in [0, 0.1) is 0 Å². The van der Waals surface area contributed by atoms with Crippen LogP contribution in [0.25, 0.3) is 21.9 Å². The Hall–Kier alpha value is -2.37. The van der Waals surface area contributed by atoms with Gasteiger partial charge in [0, 0.05) is 5.39 Å². The molecule has 3 aromatic carbocycles. The van der Waals surface area contributed by atoms with Crippen LogP contribution in [0.1, 0.15) is 0 Å². The summed E-state index contributed by atoms with van der Waals surface area (Å²) < 4.78 is 25.7. The van der Waals surface area contributed by atoms with Gasteiger partial charge in [-0.05, 0) is 47.8 Å². The summed E-state index contributed by atoms with van der Waals surface area (Å²) in [6.45, 7) is 0. The molecule has 22 heavy (non-hydrogen) atoms. The zero-order valence-corrected chi connectivity index (χ0v) is 12.8. The minimum Gasteiger partial charge on any atom is -0.507 e. The summed E-state index contributed by atoms with van der Waals surface area (Å²) in [6.07, 6.45) is 0. The van der Waals surface area contributed by atoms with Crippen LogP contribution in [0.3, 0.4) is 0 Å². The molecule has 0 aliphatic rings. The third-order valence-electron chi connectivity index (χ3n) is 3.62. The van der Waals surface area contributed by atoms with E-state index in [1.165, 1.54) is 7.05 Å². The fourth-order valence-electron chi connectivity index (χ4n) is 2.39. The maximum atomic E-state index is 11.7. The highest BCUT2D eigenvalue weighted by Gasteiger charge is 2.11. The second-order valence-electron chi connectivity index (χ2n) is 4.94. The first-order chi connectivity index (χ1) is 10.5. The first kappa shape index (κ1) is 14.6. The van der Waals surface area contributed by atoms with Gasteiger partial charge in [-0.3, -0.25) is 0 Å². The van der Waals surface area contributed by atoms with Crippen molar-refractivity contribution < 1.29 is 13.5 Å². The van der Waals surface area contributed by atoms with E-state index in [0.717, 1.165) is 21.9 Å². The monoisotopic (exact) mass is 313 g/mol. The van der Waals surface area contributed by atoms with Crippen molar-refractivity contribution in [2.24, 2.45) is 0 Å². The van der Waals surface area contributed by atoms with E-state index in [-0.39, 0.29) is 10.6 Å². The number of hydrogen-bond acceptors (Lipinski definition) is 3. The van der Waals surface area contributed by atoms with Gasteiger partial charge < -0.3 is 5.11 Å². The lowest BCUT2D eigenvalue weighted by Gasteiger charge is -2.07. The molecule has 0 aromatic heterocycles. The van der Waals surface area contributed by atoms with Crippen LogP contribution in [0.4, 0.5) is 0 Å². The molecule has 0 unspecified atom stereocenters. The number of benzene rings is 3. The predicted octanol–water partition coefficient (Wildman–Crippen LogP) is 3.12. The summed E-state index contributed by atoms with van der Waals surface area (Å²) in [5.74, 6) is 0.250. The summed E-state index contributed by atoms with van der Waals surface area (Å²) in [6, 6.07) is 17.8. The molecule has 0 atom stereocenters. The number of aromatic hydroxyl groups is 1. The van der Waals surface area contributed by atoms with Gasteiger partial charge in [0.15, 0.2) is 0 Å². The summed E-state index contributed by atoms with van der Waals surface area (Å²) in [5, 5.41) is 11.5. The van der Waals surface area contributed by atoms with Crippen molar-refractivity contribution in [3.05, 3.63) is 60.7 Å². The smallest absolute Gasteiger partial charge is 0.240 e. The molecule has 3 rings (SSSR count). The Morgan fingerprint density at radius 2 is 1.59 bits per heavy atom. The molecule has 0 fully saturated rings. The van der Waals surface area contributed by atoms with Crippen LogP contribution in [-0.2, 0) is 10.0 Å². The Morgan fingerprint density at radius 1 is 0.909 bits per heavy atom. The van der Waals surface area contributed by atoms with Crippen LogP contribution in [0.15, 0.2) is 65.6 Å². The number of phenolic OH excluding ortho intramolecular Hbond substituents is 1. The van der Waals surface area contributed by atoms with E-state index in [4.69, 9.17) is 0 Å². The van der Waals surface area contributed by atoms with E-state index in [1.807, 2.05) is 24.3 Å². The Labute approximate surface area is 129 Å². The second-order valence-corrected chi connectivity index (χ2v) is 6.83. The van der Waals surface area contributed by atoms with E-state index >= 15 is 0 Å². The third kappa shape index (κ3) is 2.56. The molecule has 0 saturated carbocycles. The Bertz CT molecular complexity index is 932. The normalized spacial score (nSPS) is 11.7. The fourth-order valence-corrected chi connectivity index (χ4v) is 3.12. The quantitative estimate of drug-likeness (QED) is 0.781. The van der Waals surface area contributed by atoms with Crippen molar-refractivity contribution >= 4 is 20.8 Å². The summed E-state index contributed by atoms with van der Waals surface area (Å²) >= 11 is 0. The van der Waals surface area contributed by atoms with Gasteiger partial charge in [-0.15, -0.1) is 0 Å².